The lowest BCUT2D eigenvalue weighted by Crippen LogP contribution is -2.05. The van der Waals surface area contributed by atoms with Crippen molar-refractivity contribution < 1.29 is 12.6 Å². The van der Waals surface area contributed by atoms with Gasteiger partial charge in [0.05, 0.1) is 11.9 Å². The number of hydrogen-bond donors (Lipinski definition) is 1. The number of anilines is 2. The van der Waals surface area contributed by atoms with Gasteiger partial charge in [0, 0.05) is 23.4 Å². The molecule has 1 heterocycles. The SMILES string of the molecule is CS(=O)(=O)Oc1cccc(Nc2cc(-c3ccccc3)ncn2)c1. The van der Waals surface area contributed by atoms with Crippen LogP contribution < -0.4 is 9.50 Å². The molecule has 0 bridgehead atoms. The summed E-state index contributed by atoms with van der Waals surface area (Å²) >= 11 is 0. The first-order valence-electron chi connectivity index (χ1n) is 7.14. The molecule has 0 atom stereocenters. The highest BCUT2D eigenvalue weighted by atomic mass is 32.2. The fourth-order valence-corrected chi connectivity index (χ4v) is 2.59. The fraction of sp³-hybridized carbons (Fsp3) is 0.0588. The Morgan fingerprint density at radius 1 is 0.958 bits per heavy atom. The molecule has 0 amide bonds. The number of nitrogens with one attached hydrogen (secondary N) is 1. The van der Waals surface area contributed by atoms with Gasteiger partial charge in [-0.25, -0.2) is 9.97 Å². The van der Waals surface area contributed by atoms with E-state index in [0.717, 1.165) is 17.5 Å². The average molecular weight is 341 g/mol. The Labute approximate surface area is 140 Å². The largest absolute Gasteiger partial charge is 0.383 e. The second kappa shape index (κ2) is 6.67. The molecule has 0 radical (unpaired) electrons. The molecule has 0 spiro atoms. The predicted molar refractivity (Wildman–Crippen MR) is 92.7 cm³/mol. The van der Waals surface area contributed by atoms with Gasteiger partial charge < -0.3 is 9.50 Å². The van der Waals surface area contributed by atoms with Crippen LogP contribution in [0.4, 0.5) is 11.5 Å². The molecule has 0 unspecified atom stereocenters. The monoisotopic (exact) mass is 341 g/mol. The summed E-state index contributed by atoms with van der Waals surface area (Å²) in [6.07, 6.45) is 2.48. The first-order valence-corrected chi connectivity index (χ1v) is 8.95. The summed E-state index contributed by atoms with van der Waals surface area (Å²) in [5.41, 5.74) is 2.43. The third-order valence-corrected chi connectivity index (χ3v) is 3.59. The summed E-state index contributed by atoms with van der Waals surface area (Å²) in [4.78, 5) is 8.45. The standard InChI is InChI=1S/C17H15N3O3S/c1-24(21,22)23-15-9-5-8-14(10-15)20-17-11-16(18-12-19-17)13-6-3-2-4-7-13/h2-12H,1H3,(H,18,19,20). The number of aromatic nitrogens is 2. The molecule has 2 aromatic carbocycles. The molecule has 24 heavy (non-hydrogen) atoms. The lowest BCUT2D eigenvalue weighted by atomic mass is 10.1. The molecule has 0 fully saturated rings. The molecule has 0 saturated heterocycles. The van der Waals surface area contributed by atoms with Gasteiger partial charge in [0.15, 0.2) is 0 Å². The van der Waals surface area contributed by atoms with Gasteiger partial charge in [0.1, 0.15) is 17.9 Å². The Kier molecular flexibility index (Phi) is 4.43. The lowest BCUT2D eigenvalue weighted by Gasteiger charge is -2.09. The molecule has 0 saturated carbocycles. The van der Waals surface area contributed by atoms with Gasteiger partial charge >= 0.3 is 10.1 Å². The molecule has 3 rings (SSSR count). The maximum absolute atomic E-state index is 11.2. The van der Waals surface area contributed by atoms with Crippen LogP contribution in [0.2, 0.25) is 0 Å². The van der Waals surface area contributed by atoms with E-state index in [1.165, 1.54) is 6.33 Å². The molecule has 1 aromatic heterocycles. The second-order valence-corrected chi connectivity index (χ2v) is 6.67. The topological polar surface area (TPSA) is 81.2 Å². The van der Waals surface area contributed by atoms with Gasteiger partial charge in [-0.2, -0.15) is 8.42 Å². The fourth-order valence-electron chi connectivity index (χ4n) is 2.14. The van der Waals surface area contributed by atoms with E-state index in [2.05, 4.69) is 15.3 Å². The maximum atomic E-state index is 11.2. The van der Waals surface area contributed by atoms with Crippen LogP contribution in [0.15, 0.2) is 67.0 Å². The van der Waals surface area contributed by atoms with Crippen molar-refractivity contribution in [2.75, 3.05) is 11.6 Å². The zero-order valence-corrected chi connectivity index (χ0v) is 13.7. The summed E-state index contributed by atoms with van der Waals surface area (Å²) in [5, 5.41) is 3.11. The van der Waals surface area contributed by atoms with Crippen LogP contribution in [0, 0.1) is 0 Å². The second-order valence-electron chi connectivity index (χ2n) is 5.09. The van der Waals surface area contributed by atoms with E-state index in [1.54, 1.807) is 24.3 Å². The number of benzene rings is 2. The molecule has 3 aromatic rings. The average Bonchev–Trinajstić information content (AvgIpc) is 2.55. The van der Waals surface area contributed by atoms with Crippen LogP contribution >= 0.6 is 0 Å². The summed E-state index contributed by atoms with van der Waals surface area (Å²) in [5.74, 6) is 0.834. The molecule has 0 aliphatic heterocycles. The van der Waals surface area contributed by atoms with Crippen molar-refractivity contribution >= 4 is 21.6 Å². The van der Waals surface area contributed by atoms with Gasteiger partial charge in [-0.1, -0.05) is 36.4 Å². The van der Waals surface area contributed by atoms with E-state index in [4.69, 9.17) is 4.18 Å². The summed E-state index contributed by atoms with van der Waals surface area (Å²) in [6, 6.07) is 18.2. The smallest absolute Gasteiger partial charge is 0.306 e. The Balaban J connectivity index is 1.83. The van der Waals surface area contributed by atoms with Gasteiger partial charge in [-0.15, -0.1) is 0 Å². The van der Waals surface area contributed by atoms with Crippen LogP contribution in [0.25, 0.3) is 11.3 Å². The minimum atomic E-state index is -3.56. The van der Waals surface area contributed by atoms with E-state index in [1.807, 2.05) is 36.4 Å². The third kappa shape index (κ3) is 4.30. The van der Waals surface area contributed by atoms with E-state index in [0.29, 0.717) is 11.5 Å². The Morgan fingerprint density at radius 3 is 2.50 bits per heavy atom. The highest BCUT2D eigenvalue weighted by Gasteiger charge is 2.06. The summed E-state index contributed by atoms with van der Waals surface area (Å²) in [7, 11) is -3.56. The van der Waals surface area contributed by atoms with Crippen molar-refractivity contribution in [1.29, 1.82) is 0 Å². The van der Waals surface area contributed by atoms with E-state index < -0.39 is 10.1 Å². The Hall–Kier alpha value is -2.93. The van der Waals surface area contributed by atoms with Crippen molar-refractivity contribution in [3.8, 4) is 17.0 Å². The zero-order valence-electron chi connectivity index (χ0n) is 12.9. The molecule has 7 heteroatoms. The zero-order chi connectivity index (χ0) is 17.0. The van der Waals surface area contributed by atoms with Crippen LogP contribution in [0.1, 0.15) is 0 Å². The Morgan fingerprint density at radius 2 is 1.75 bits per heavy atom. The highest BCUT2D eigenvalue weighted by molar-refractivity contribution is 7.86. The first-order chi connectivity index (χ1) is 11.5. The van der Waals surface area contributed by atoms with Gasteiger partial charge in [0.2, 0.25) is 0 Å². The normalized spacial score (nSPS) is 11.0. The number of nitrogens with zero attached hydrogens (tertiary/aromatic N) is 2. The molecule has 0 aliphatic carbocycles. The highest BCUT2D eigenvalue weighted by Crippen LogP contribution is 2.23. The van der Waals surface area contributed by atoms with Crippen molar-refractivity contribution in [1.82, 2.24) is 9.97 Å². The van der Waals surface area contributed by atoms with Crippen molar-refractivity contribution in [2.24, 2.45) is 0 Å². The first kappa shape index (κ1) is 15.9. The summed E-state index contributed by atoms with van der Waals surface area (Å²) in [6.45, 7) is 0. The lowest BCUT2D eigenvalue weighted by molar-refractivity contribution is 0.493. The van der Waals surface area contributed by atoms with Gasteiger partial charge in [0.25, 0.3) is 0 Å². The molecule has 122 valence electrons. The molecular formula is C17H15N3O3S. The van der Waals surface area contributed by atoms with Crippen LogP contribution in [0.5, 0.6) is 5.75 Å². The molecule has 1 N–H and O–H groups in total. The van der Waals surface area contributed by atoms with Crippen molar-refractivity contribution in [3.05, 3.63) is 67.0 Å². The van der Waals surface area contributed by atoms with Gasteiger partial charge in [-0.05, 0) is 12.1 Å². The molecule has 6 nitrogen and oxygen atoms in total. The van der Waals surface area contributed by atoms with E-state index in [9.17, 15) is 8.42 Å². The minimum absolute atomic E-state index is 0.236. The van der Waals surface area contributed by atoms with Crippen molar-refractivity contribution in [3.63, 3.8) is 0 Å². The Bertz CT molecular complexity index is 944. The number of rotatable bonds is 5. The molecule has 0 aliphatic rings. The van der Waals surface area contributed by atoms with Gasteiger partial charge in [-0.3, -0.25) is 0 Å². The van der Waals surface area contributed by atoms with E-state index >= 15 is 0 Å². The van der Waals surface area contributed by atoms with Crippen LogP contribution in [-0.4, -0.2) is 24.6 Å². The quantitative estimate of drug-likeness (QED) is 0.718. The van der Waals surface area contributed by atoms with Crippen LogP contribution in [-0.2, 0) is 10.1 Å². The number of hydrogen-bond acceptors (Lipinski definition) is 6. The van der Waals surface area contributed by atoms with Crippen LogP contribution in [0.3, 0.4) is 0 Å². The molecular weight excluding hydrogens is 326 g/mol. The maximum Gasteiger partial charge on any atom is 0.306 e. The van der Waals surface area contributed by atoms with E-state index in [-0.39, 0.29) is 5.75 Å². The third-order valence-electron chi connectivity index (χ3n) is 3.09. The minimum Gasteiger partial charge on any atom is -0.383 e. The predicted octanol–water partition coefficient (Wildman–Crippen LogP) is 3.23. The van der Waals surface area contributed by atoms with Crippen molar-refractivity contribution in [2.45, 2.75) is 0 Å². The summed E-state index contributed by atoms with van der Waals surface area (Å²) < 4.78 is 27.3.